The molecular weight excluding hydrogens is 120 g/mol. The number of hydrogen-bond donors (Lipinski definition) is 1. The summed E-state index contributed by atoms with van der Waals surface area (Å²) in [6.45, 7) is 0. The summed E-state index contributed by atoms with van der Waals surface area (Å²) in [4.78, 5) is 0. The van der Waals surface area contributed by atoms with Gasteiger partial charge in [0.25, 0.3) is 0 Å². The Kier molecular flexibility index (Phi) is 2.70. The molecule has 1 saturated heterocycles. The maximum Gasteiger partial charge on any atom is 0.0992 e. The average molecular weight is 132 g/mol. The van der Waals surface area contributed by atoms with E-state index in [9.17, 15) is 0 Å². The molecule has 0 spiro atoms. The van der Waals surface area contributed by atoms with E-state index in [1.807, 2.05) is 0 Å². The van der Waals surface area contributed by atoms with Gasteiger partial charge in [-0.2, -0.15) is 0 Å². The van der Waals surface area contributed by atoms with Crippen LogP contribution in [0.15, 0.2) is 0 Å². The summed E-state index contributed by atoms with van der Waals surface area (Å²) in [7, 11) is 0. The molecule has 0 aliphatic carbocycles. The number of aliphatic hydroxyl groups is 1. The third-order valence-corrected chi connectivity index (χ3v) is 2.55. The summed E-state index contributed by atoms with van der Waals surface area (Å²) in [6, 6.07) is 0. The Morgan fingerprint density at radius 3 is 3.00 bits per heavy atom. The van der Waals surface area contributed by atoms with Crippen LogP contribution in [0, 0.1) is 0 Å². The minimum absolute atomic E-state index is 0.0579. The Balaban J connectivity index is 2.17. The quantitative estimate of drug-likeness (QED) is 0.540. The fraction of sp³-hybridized carbons (Fsp3) is 1.00. The van der Waals surface area contributed by atoms with Gasteiger partial charge < -0.3 is 5.11 Å². The van der Waals surface area contributed by atoms with Gasteiger partial charge >= 0.3 is 0 Å². The first-order valence-corrected chi connectivity index (χ1v) is 4.24. The van der Waals surface area contributed by atoms with Crippen molar-refractivity contribution in [3.8, 4) is 0 Å². The van der Waals surface area contributed by atoms with Crippen molar-refractivity contribution in [3.63, 3.8) is 0 Å². The van der Waals surface area contributed by atoms with Crippen LogP contribution in [0.25, 0.3) is 0 Å². The lowest BCUT2D eigenvalue weighted by molar-refractivity contribution is 0.251. The van der Waals surface area contributed by atoms with Crippen LogP contribution in [0.5, 0.6) is 0 Å². The molecule has 1 atom stereocenters. The van der Waals surface area contributed by atoms with Gasteiger partial charge in [0.1, 0.15) is 0 Å². The summed E-state index contributed by atoms with van der Waals surface area (Å²) < 4.78 is 0. The molecule has 0 aromatic heterocycles. The molecule has 48 valence electrons. The Hall–Kier alpha value is 0.310. The van der Waals surface area contributed by atoms with Crippen molar-refractivity contribution < 1.29 is 5.11 Å². The number of thioether (sulfide) groups is 1. The van der Waals surface area contributed by atoms with Crippen molar-refractivity contribution in [1.82, 2.24) is 0 Å². The molecule has 0 unspecified atom stereocenters. The molecule has 0 aromatic carbocycles. The smallest absolute Gasteiger partial charge is 0.0992 e. The van der Waals surface area contributed by atoms with Crippen LogP contribution in [0.3, 0.4) is 0 Å². The van der Waals surface area contributed by atoms with E-state index in [4.69, 9.17) is 5.11 Å². The average Bonchev–Trinajstić information content (AvgIpc) is 1.94. The molecule has 0 saturated carbocycles. The zero-order valence-electron chi connectivity index (χ0n) is 4.97. The van der Waals surface area contributed by atoms with Gasteiger partial charge in [-0.1, -0.05) is 6.42 Å². The predicted octanol–water partition coefficient (Wildman–Crippen LogP) is 1.61. The van der Waals surface area contributed by atoms with Crippen LogP contribution in [0.2, 0.25) is 0 Å². The van der Waals surface area contributed by atoms with E-state index in [-0.39, 0.29) is 5.44 Å². The molecule has 1 rings (SSSR count). The number of rotatable bonds is 0. The van der Waals surface area contributed by atoms with Crippen LogP contribution in [-0.2, 0) is 0 Å². The normalized spacial score (nSPS) is 31.9. The highest BCUT2D eigenvalue weighted by molar-refractivity contribution is 7.99. The van der Waals surface area contributed by atoms with E-state index in [1.54, 1.807) is 11.8 Å². The van der Waals surface area contributed by atoms with Gasteiger partial charge in [-0.25, -0.2) is 0 Å². The van der Waals surface area contributed by atoms with Crippen molar-refractivity contribution in [3.05, 3.63) is 0 Å². The molecule has 1 fully saturated rings. The van der Waals surface area contributed by atoms with Crippen molar-refractivity contribution in [2.75, 3.05) is 5.75 Å². The van der Waals surface area contributed by atoms with Crippen molar-refractivity contribution in [2.24, 2.45) is 0 Å². The summed E-state index contributed by atoms with van der Waals surface area (Å²) in [5, 5.41) is 9.05. The van der Waals surface area contributed by atoms with Crippen molar-refractivity contribution >= 4 is 11.8 Å². The molecule has 0 radical (unpaired) electrons. The van der Waals surface area contributed by atoms with E-state index in [1.165, 1.54) is 19.3 Å². The van der Waals surface area contributed by atoms with Crippen LogP contribution >= 0.6 is 11.8 Å². The van der Waals surface area contributed by atoms with Gasteiger partial charge in [-0.15, -0.1) is 11.8 Å². The monoisotopic (exact) mass is 132 g/mol. The minimum Gasteiger partial charge on any atom is -0.382 e. The summed E-state index contributed by atoms with van der Waals surface area (Å²) in [5.74, 6) is 1.15. The predicted molar refractivity (Wildman–Crippen MR) is 36.9 cm³/mol. The largest absolute Gasteiger partial charge is 0.382 e. The summed E-state index contributed by atoms with van der Waals surface area (Å²) >= 11 is 1.69. The van der Waals surface area contributed by atoms with E-state index < -0.39 is 0 Å². The molecule has 1 N–H and O–H groups in total. The van der Waals surface area contributed by atoms with Crippen LogP contribution < -0.4 is 0 Å². The topological polar surface area (TPSA) is 20.2 Å². The fourth-order valence-corrected chi connectivity index (χ4v) is 1.88. The minimum atomic E-state index is -0.0579. The van der Waals surface area contributed by atoms with Crippen molar-refractivity contribution in [1.29, 1.82) is 0 Å². The third kappa shape index (κ3) is 2.05. The zero-order valence-corrected chi connectivity index (χ0v) is 5.78. The lowest BCUT2D eigenvalue weighted by atomic mass is 10.2. The van der Waals surface area contributed by atoms with Gasteiger partial charge in [0, 0.05) is 0 Å². The molecule has 2 heteroatoms. The molecule has 0 bridgehead atoms. The lowest BCUT2D eigenvalue weighted by Crippen LogP contribution is -1.97. The highest BCUT2D eigenvalue weighted by atomic mass is 32.2. The van der Waals surface area contributed by atoms with Gasteiger partial charge in [0.15, 0.2) is 0 Å². The first-order valence-electron chi connectivity index (χ1n) is 3.19. The third-order valence-electron chi connectivity index (χ3n) is 1.41. The van der Waals surface area contributed by atoms with E-state index in [0.717, 1.165) is 12.2 Å². The van der Waals surface area contributed by atoms with Crippen molar-refractivity contribution in [2.45, 2.75) is 31.1 Å². The fourth-order valence-electron chi connectivity index (χ4n) is 0.901. The second-order valence-electron chi connectivity index (χ2n) is 2.17. The standard InChI is InChI=1S/C6H12OS/c7-6-4-2-1-3-5-8-6/h6-7H,1-5H2/t6-/m0/s1. The molecular formula is C6H12OS. The highest BCUT2D eigenvalue weighted by Crippen LogP contribution is 2.21. The highest BCUT2D eigenvalue weighted by Gasteiger charge is 2.06. The second-order valence-corrected chi connectivity index (χ2v) is 3.46. The van der Waals surface area contributed by atoms with Gasteiger partial charge in [0.2, 0.25) is 0 Å². The first-order chi connectivity index (χ1) is 3.89. The van der Waals surface area contributed by atoms with E-state index in [0.29, 0.717) is 0 Å². The zero-order chi connectivity index (χ0) is 5.82. The van der Waals surface area contributed by atoms with Gasteiger partial charge in [0.05, 0.1) is 5.44 Å². The Morgan fingerprint density at radius 2 is 2.12 bits per heavy atom. The molecule has 1 aliphatic rings. The maximum absolute atomic E-state index is 9.05. The molecule has 1 heterocycles. The molecule has 0 amide bonds. The summed E-state index contributed by atoms with van der Waals surface area (Å²) in [5.41, 5.74) is -0.0579. The maximum atomic E-state index is 9.05. The Labute approximate surface area is 54.5 Å². The molecule has 1 aliphatic heterocycles. The van der Waals surface area contributed by atoms with Gasteiger partial charge in [-0.05, 0) is 25.0 Å². The lowest BCUT2D eigenvalue weighted by Gasteiger charge is -2.01. The van der Waals surface area contributed by atoms with E-state index >= 15 is 0 Å². The molecule has 8 heavy (non-hydrogen) atoms. The van der Waals surface area contributed by atoms with Crippen LogP contribution in [0.1, 0.15) is 25.7 Å². The second kappa shape index (κ2) is 3.36. The van der Waals surface area contributed by atoms with Gasteiger partial charge in [-0.3, -0.25) is 0 Å². The Morgan fingerprint density at radius 1 is 1.25 bits per heavy atom. The molecule has 1 nitrogen and oxygen atoms in total. The SMILES string of the molecule is O[C@@H]1CCCCCS1. The molecule has 0 aromatic rings. The summed E-state index contributed by atoms with van der Waals surface area (Å²) in [6.07, 6.45) is 4.82. The number of hydrogen-bond acceptors (Lipinski definition) is 2. The van der Waals surface area contributed by atoms with E-state index in [2.05, 4.69) is 0 Å². The first kappa shape index (κ1) is 6.43. The van der Waals surface area contributed by atoms with Crippen LogP contribution in [-0.4, -0.2) is 16.3 Å². The Bertz CT molecular complexity index is 57.5. The van der Waals surface area contributed by atoms with Crippen LogP contribution in [0.4, 0.5) is 0 Å². The number of aliphatic hydroxyl groups excluding tert-OH is 1.